The zero-order valence-corrected chi connectivity index (χ0v) is 21.6. The van der Waals surface area contributed by atoms with Crippen molar-refractivity contribution in [3.63, 3.8) is 0 Å². The number of halogens is 4. The molecule has 0 bridgehead atoms. The van der Waals surface area contributed by atoms with E-state index in [1.165, 1.54) is 28.9 Å². The summed E-state index contributed by atoms with van der Waals surface area (Å²) in [5.74, 6) is -1.43. The van der Waals surface area contributed by atoms with Crippen LogP contribution in [0.15, 0.2) is 42.6 Å². The Balaban J connectivity index is 1.44. The van der Waals surface area contributed by atoms with Gasteiger partial charge in [0.1, 0.15) is 6.04 Å². The zero-order valence-electron chi connectivity index (χ0n) is 20.9. The molecule has 1 saturated heterocycles. The summed E-state index contributed by atoms with van der Waals surface area (Å²) < 4.78 is 49.9. The van der Waals surface area contributed by atoms with E-state index in [-0.39, 0.29) is 33.5 Å². The van der Waals surface area contributed by atoms with Crippen LogP contribution in [0, 0.1) is 12.3 Å². The highest BCUT2D eigenvalue weighted by Crippen LogP contribution is 2.45. The Hall–Kier alpha value is -3.64. The fourth-order valence-electron chi connectivity index (χ4n) is 5.20. The van der Waals surface area contributed by atoms with Gasteiger partial charge in [-0.05, 0) is 61.8 Å². The Morgan fingerprint density at radius 1 is 1.31 bits per heavy atom. The molecule has 39 heavy (non-hydrogen) atoms. The molecule has 1 aliphatic carbocycles. The molecule has 3 aromatic rings. The molecule has 1 fully saturated rings. The number of allylic oxidation sites excluding steroid dienone is 2. The van der Waals surface area contributed by atoms with Gasteiger partial charge in [0, 0.05) is 29.4 Å². The number of ether oxygens (including phenoxy) is 1. The van der Waals surface area contributed by atoms with Gasteiger partial charge in [0.2, 0.25) is 17.9 Å². The number of nitrogen functional groups attached to an aromatic ring is 1. The van der Waals surface area contributed by atoms with E-state index >= 15 is 0 Å². The standard InChI is InChI=1S/C26H26ClF3N6O3/c1-14-6-9-36(35-14)20-10-16(27)2-3-17(20)22(26(28,29)30)39-21-11-18(33-24(31)34-21)15-4-7-25(8-5-15)12-19(23(37)38)32-13-25/h2-4,6,9-11,19,22,32H,5,7-8,12-13H2,1H3,(H,37,38)(H2,31,33,34)/t19?,22-,25+/m1/s1. The number of rotatable bonds is 6. The Morgan fingerprint density at radius 2 is 2.10 bits per heavy atom. The second kappa shape index (κ2) is 10.2. The van der Waals surface area contributed by atoms with Crippen LogP contribution >= 0.6 is 11.6 Å². The third kappa shape index (κ3) is 5.71. The van der Waals surface area contributed by atoms with Gasteiger partial charge in [-0.3, -0.25) is 4.79 Å². The lowest BCUT2D eigenvalue weighted by molar-refractivity contribution is -0.198. The molecule has 4 N–H and O–H groups in total. The highest BCUT2D eigenvalue weighted by molar-refractivity contribution is 6.30. The number of aryl methyl sites for hydroxylation is 1. The van der Waals surface area contributed by atoms with E-state index in [1.54, 1.807) is 19.2 Å². The fraction of sp³-hybridized carbons (Fsp3) is 0.385. The molecular formula is C26H26ClF3N6O3. The molecule has 13 heteroatoms. The molecule has 9 nitrogen and oxygen atoms in total. The molecule has 5 rings (SSSR count). The molecule has 206 valence electrons. The minimum atomic E-state index is -4.81. The second-order valence-electron chi connectivity index (χ2n) is 10.0. The predicted octanol–water partition coefficient (Wildman–Crippen LogP) is 4.89. The lowest BCUT2D eigenvalue weighted by atomic mass is 9.73. The number of carboxylic acids is 1. The van der Waals surface area contributed by atoms with E-state index in [9.17, 15) is 23.1 Å². The molecule has 3 atom stereocenters. The number of nitrogens with one attached hydrogen (secondary N) is 1. The number of anilines is 1. The quantitative estimate of drug-likeness (QED) is 0.387. The van der Waals surface area contributed by atoms with Gasteiger partial charge in [0.15, 0.2) is 0 Å². The normalized spacial score (nSPS) is 22.1. The Labute approximate surface area is 226 Å². The largest absolute Gasteiger partial charge is 0.480 e. The summed E-state index contributed by atoms with van der Waals surface area (Å²) in [5.41, 5.74) is 7.40. The molecule has 0 saturated carbocycles. The first kappa shape index (κ1) is 26.9. The average molecular weight is 563 g/mol. The van der Waals surface area contributed by atoms with Gasteiger partial charge < -0.3 is 20.9 Å². The summed E-state index contributed by atoms with van der Waals surface area (Å²) in [6.45, 7) is 2.31. The lowest BCUT2D eigenvalue weighted by Gasteiger charge is -2.31. The Kier molecular flexibility index (Phi) is 7.02. The molecule has 0 radical (unpaired) electrons. The average Bonchev–Trinajstić information content (AvgIpc) is 3.49. The van der Waals surface area contributed by atoms with Crippen LogP contribution in [-0.4, -0.2) is 49.6 Å². The molecule has 2 aliphatic rings. The van der Waals surface area contributed by atoms with Crippen molar-refractivity contribution in [2.24, 2.45) is 5.41 Å². The van der Waals surface area contributed by atoms with Gasteiger partial charge in [-0.25, -0.2) is 9.67 Å². The highest BCUT2D eigenvalue weighted by atomic mass is 35.5. The van der Waals surface area contributed by atoms with Crippen LogP contribution in [0.2, 0.25) is 5.02 Å². The van der Waals surface area contributed by atoms with Crippen molar-refractivity contribution in [1.29, 1.82) is 0 Å². The minimum Gasteiger partial charge on any atom is -0.480 e. The summed E-state index contributed by atoms with van der Waals surface area (Å²) in [6.07, 6.45) is -1.32. The summed E-state index contributed by atoms with van der Waals surface area (Å²) >= 11 is 6.11. The highest BCUT2D eigenvalue weighted by Gasteiger charge is 2.45. The van der Waals surface area contributed by atoms with Gasteiger partial charge in [0.05, 0.1) is 17.1 Å². The van der Waals surface area contributed by atoms with Gasteiger partial charge >= 0.3 is 12.1 Å². The van der Waals surface area contributed by atoms with Crippen molar-refractivity contribution >= 4 is 29.1 Å². The molecule has 2 aromatic heterocycles. The molecule has 1 unspecified atom stereocenters. The smallest absolute Gasteiger partial charge is 0.429 e. The fourth-order valence-corrected chi connectivity index (χ4v) is 5.36. The SMILES string of the molecule is Cc1ccn(-c2cc(Cl)ccc2[C@@H](Oc2cc(C3=CC[C@@]4(CC3)CNC(C(=O)O)C4)nc(N)n2)C(F)(F)F)n1. The number of aliphatic carboxylic acids is 1. The van der Waals surface area contributed by atoms with Crippen molar-refractivity contribution in [1.82, 2.24) is 25.1 Å². The molecule has 1 aromatic carbocycles. The summed E-state index contributed by atoms with van der Waals surface area (Å²) in [7, 11) is 0. The van der Waals surface area contributed by atoms with Crippen LogP contribution in [0.5, 0.6) is 5.88 Å². The lowest BCUT2D eigenvalue weighted by Crippen LogP contribution is -2.30. The van der Waals surface area contributed by atoms with Crippen molar-refractivity contribution < 1.29 is 27.8 Å². The first-order valence-electron chi connectivity index (χ1n) is 12.3. The van der Waals surface area contributed by atoms with E-state index in [2.05, 4.69) is 20.4 Å². The topological polar surface area (TPSA) is 128 Å². The maximum Gasteiger partial charge on any atom is 0.429 e. The maximum atomic E-state index is 14.4. The van der Waals surface area contributed by atoms with Crippen LogP contribution < -0.4 is 15.8 Å². The molecule has 0 amide bonds. The van der Waals surface area contributed by atoms with E-state index in [4.69, 9.17) is 22.1 Å². The van der Waals surface area contributed by atoms with E-state index in [0.29, 0.717) is 43.6 Å². The molecule has 3 heterocycles. The second-order valence-corrected chi connectivity index (χ2v) is 10.4. The Bertz CT molecular complexity index is 1440. The zero-order chi connectivity index (χ0) is 27.9. The number of alkyl halides is 3. The molecular weight excluding hydrogens is 537 g/mol. The van der Waals surface area contributed by atoms with E-state index in [1.807, 2.05) is 6.08 Å². The number of benzene rings is 1. The number of nitrogens with two attached hydrogens (primary N) is 1. The van der Waals surface area contributed by atoms with Crippen molar-refractivity contribution in [2.45, 2.75) is 50.9 Å². The van der Waals surface area contributed by atoms with Crippen LogP contribution in [0.25, 0.3) is 11.3 Å². The third-order valence-electron chi connectivity index (χ3n) is 7.19. The van der Waals surface area contributed by atoms with Crippen LogP contribution in [0.4, 0.5) is 19.1 Å². The summed E-state index contributed by atoms with van der Waals surface area (Å²) in [5, 5.41) is 16.8. The first-order valence-corrected chi connectivity index (χ1v) is 12.7. The van der Waals surface area contributed by atoms with E-state index < -0.39 is 24.3 Å². The molecule has 1 aliphatic heterocycles. The third-order valence-corrected chi connectivity index (χ3v) is 7.43. The number of carbonyl (C=O) groups is 1. The minimum absolute atomic E-state index is 0.116. The van der Waals surface area contributed by atoms with Gasteiger partial charge in [-0.1, -0.05) is 23.7 Å². The van der Waals surface area contributed by atoms with Crippen LogP contribution in [0.3, 0.4) is 0 Å². The first-order chi connectivity index (χ1) is 18.4. The van der Waals surface area contributed by atoms with Crippen molar-refractivity contribution in [3.8, 4) is 11.6 Å². The number of carboxylic acid groups (broad SMARTS) is 1. The van der Waals surface area contributed by atoms with Gasteiger partial charge in [-0.15, -0.1) is 0 Å². The maximum absolute atomic E-state index is 14.4. The summed E-state index contributed by atoms with van der Waals surface area (Å²) in [4.78, 5) is 19.5. The predicted molar refractivity (Wildman–Crippen MR) is 137 cm³/mol. The van der Waals surface area contributed by atoms with Gasteiger partial charge in [0.25, 0.3) is 0 Å². The monoisotopic (exact) mass is 562 g/mol. The number of aromatic nitrogens is 4. The molecule has 1 spiro atoms. The summed E-state index contributed by atoms with van der Waals surface area (Å²) in [6, 6.07) is 6.42. The number of hydrogen-bond acceptors (Lipinski definition) is 7. The Morgan fingerprint density at radius 3 is 2.72 bits per heavy atom. The number of nitrogens with zero attached hydrogens (tertiary/aromatic N) is 4. The van der Waals surface area contributed by atoms with Crippen LogP contribution in [0.1, 0.15) is 48.7 Å². The van der Waals surface area contributed by atoms with E-state index in [0.717, 1.165) is 5.57 Å². The van der Waals surface area contributed by atoms with Crippen molar-refractivity contribution in [2.75, 3.05) is 12.3 Å². The van der Waals surface area contributed by atoms with Crippen LogP contribution in [-0.2, 0) is 4.79 Å². The van der Waals surface area contributed by atoms with Gasteiger partial charge in [-0.2, -0.15) is 23.3 Å². The number of hydrogen-bond donors (Lipinski definition) is 3. The van der Waals surface area contributed by atoms with Crippen molar-refractivity contribution in [3.05, 3.63) is 64.6 Å².